The summed E-state index contributed by atoms with van der Waals surface area (Å²) in [5.74, 6) is 0. The van der Waals surface area contributed by atoms with Crippen molar-refractivity contribution in [1.29, 1.82) is 0 Å². The van der Waals surface area contributed by atoms with Crippen molar-refractivity contribution in [1.82, 2.24) is 0 Å². The maximum Gasteiger partial charge on any atom is 0.264 e. The molecule has 0 amide bonds. The SMILES string of the molecule is CC.CC.CS(=O)(=O)OCc1ccccc1. The third kappa shape index (κ3) is 11.2. The van der Waals surface area contributed by atoms with Crippen molar-refractivity contribution >= 4 is 10.1 Å². The summed E-state index contributed by atoms with van der Waals surface area (Å²) >= 11 is 0. The molecule has 0 bridgehead atoms. The quantitative estimate of drug-likeness (QED) is 0.769. The minimum absolute atomic E-state index is 0.111. The van der Waals surface area contributed by atoms with E-state index in [1.165, 1.54) is 0 Å². The average molecular weight is 246 g/mol. The van der Waals surface area contributed by atoms with Crippen molar-refractivity contribution in [3.63, 3.8) is 0 Å². The van der Waals surface area contributed by atoms with Gasteiger partial charge in [0.1, 0.15) is 0 Å². The molecule has 0 N–H and O–H groups in total. The van der Waals surface area contributed by atoms with Gasteiger partial charge in [0, 0.05) is 0 Å². The fraction of sp³-hybridized carbons (Fsp3) is 0.500. The lowest BCUT2D eigenvalue weighted by atomic mass is 10.2. The van der Waals surface area contributed by atoms with Crippen molar-refractivity contribution < 1.29 is 12.6 Å². The smallest absolute Gasteiger partial charge is 0.264 e. The van der Waals surface area contributed by atoms with Crippen molar-refractivity contribution in [2.45, 2.75) is 34.3 Å². The van der Waals surface area contributed by atoms with Gasteiger partial charge in [0.15, 0.2) is 0 Å². The minimum Gasteiger partial charge on any atom is -0.265 e. The Morgan fingerprint density at radius 3 is 1.81 bits per heavy atom. The molecule has 0 spiro atoms. The van der Waals surface area contributed by atoms with Crippen LogP contribution in [0.15, 0.2) is 30.3 Å². The molecular weight excluding hydrogens is 224 g/mol. The van der Waals surface area contributed by atoms with Gasteiger partial charge in [0.05, 0.1) is 12.9 Å². The van der Waals surface area contributed by atoms with Gasteiger partial charge in [-0.05, 0) is 5.56 Å². The Labute approximate surface area is 99.6 Å². The molecule has 0 atom stereocenters. The van der Waals surface area contributed by atoms with Gasteiger partial charge >= 0.3 is 0 Å². The highest BCUT2D eigenvalue weighted by atomic mass is 32.2. The van der Waals surface area contributed by atoms with Crippen LogP contribution in [0.3, 0.4) is 0 Å². The highest BCUT2D eigenvalue weighted by Crippen LogP contribution is 2.02. The van der Waals surface area contributed by atoms with E-state index < -0.39 is 10.1 Å². The van der Waals surface area contributed by atoms with Gasteiger partial charge in [-0.25, -0.2) is 0 Å². The maximum absolute atomic E-state index is 10.6. The molecule has 0 unspecified atom stereocenters. The predicted octanol–water partition coefficient (Wildman–Crippen LogP) is 3.22. The van der Waals surface area contributed by atoms with Crippen LogP contribution in [-0.4, -0.2) is 14.7 Å². The third-order valence-electron chi connectivity index (χ3n) is 1.28. The van der Waals surface area contributed by atoms with E-state index >= 15 is 0 Å². The van der Waals surface area contributed by atoms with E-state index in [9.17, 15) is 8.42 Å². The van der Waals surface area contributed by atoms with E-state index in [1.807, 2.05) is 58.0 Å². The molecule has 1 rings (SSSR count). The summed E-state index contributed by atoms with van der Waals surface area (Å²) in [7, 11) is -3.32. The normalized spacial score (nSPS) is 9.31. The van der Waals surface area contributed by atoms with Crippen LogP contribution in [0.5, 0.6) is 0 Å². The van der Waals surface area contributed by atoms with Crippen LogP contribution in [-0.2, 0) is 20.9 Å². The Hall–Kier alpha value is -0.870. The Kier molecular flexibility index (Phi) is 11.7. The molecule has 0 saturated heterocycles. The molecule has 4 heteroatoms. The van der Waals surface area contributed by atoms with Crippen molar-refractivity contribution in [3.8, 4) is 0 Å². The van der Waals surface area contributed by atoms with Crippen LogP contribution >= 0.6 is 0 Å². The Morgan fingerprint density at radius 1 is 1.00 bits per heavy atom. The lowest BCUT2D eigenvalue weighted by molar-refractivity contribution is 0.311. The molecule has 0 radical (unpaired) electrons. The molecular formula is C12H22O3S. The monoisotopic (exact) mass is 246 g/mol. The van der Waals surface area contributed by atoms with E-state index in [-0.39, 0.29) is 6.61 Å². The molecule has 0 saturated carbocycles. The van der Waals surface area contributed by atoms with E-state index in [0.717, 1.165) is 11.8 Å². The molecule has 1 aromatic rings. The van der Waals surface area contributed by atoms with Crippen LogP contribution in [0.2, 0.25) is 0 Å². The van der Waals surface area contributed by atoms with E-state index in [0.29, 0.717) is 0 Å². The molecule has 0 aliphatic carbocycles. The van der Waals surface area contributed by atoms with E-state index in [2.05, 4.69) is 4.18 Å². The first-order valence-corrected chi connectivity index (χ1v) is 7.28. The molecule has 0 heterocycles. The maximum atomic E-state index is 10.6. The zero-order valence-electron chi connectivity index (χ0n) is 10.7. The molecule has 1 aromatic carbocycles. The fourth-order valence-electron chi connectivity index (χ4n) is 0.749. The summed E-state index contributed by atoms with van der Waals surface area (Å²) in [5, 5.41) is 0. The van der Waals surface area contributed by atoms with Gasteiger partial charge in [0.2, 0.25) is 0 Å². The van der Waals surface area contributed by atoms with Gasteiger partial charge in [-0.1, -0.05) is 58.0 Å². The predicted molar refractivity (Wildman–Crippen MR) is 68.8 cm³/mol. The molecule has 0 aliphatic heterocycles. The van der Waals surface area contributed by atoms with Crippen molar-refractivity contribution in [3.05, 3.63) is 35.9 Å². The molecule has 94 valence electrons. The number of rotatable bonds is 3. The third-order valence-corrected chi connectivity index (χ3v) is 1.83. The van der Waals surface area contributed by atoms with Crippen LogP contribution < -0.4 is 0 Å². The van der Waals surface area contributed by atoms with Crippen LogP contribution in [0.4, 0.5) is 0 Å². The largest absolute Gasteiger partial charge is 0.265 e. The second kappa shape index (κ2) is 10.6. The van der Waals surface area contributed by atoms with Crippen LogP contribution in [0.1, 0.15) is 33.3 Å². The summed E-state index contributed by atoms with van der Waals surface area (Å²) in [4.78, 5) is 0. The first-order chi connectivity index (χ1) is 7.58. The van der Waals surface area contributed by atoms with Crippen molar-refractivity contribution in [2.75, 3.05) is 6.26 Å². The zero-order valence-corrected chi connectivity index (χ0v) is 11.5. The lowest BCUT2D eigenvalue weighted by Crippen LogP contribution is -2.02. The molecule has 0 fully saturated rings. The summed E-state index contributed by atoms with van der Waals surface area (Å²) in [6.07, 6.45) is 1.04. The summed E-state index contributed by atoms with van der Waals surface area (Å²) in [5.41, 5.74) is 0.850. The number of hydrogen-bond donors (Lipinski definition) is 0. The van der Waals surface area contributed by atoms with Crippen molar-refractivity contribution in [2.24, 2.45) is 0 Å². The molecule has 0 aromatic heterocycles. The van der Waals surface area contributed by atoms with Crippen LogP contribution in [0, 0.1) is 0 Å². The molecule has 0 aliphatic rings. The summed E-state index contributed by atoms with van der Waals surface area (Å²) < 4.78 is 25.8. The van der Waals surface area contributed by atoms with Gasteiger partial charge < -0.3 is 0 Å². The highest BCUT2D eigenvalue weighted by molar-refractivity contribution is 7.85. The number of hydrogen-bond acceptors (Lipinski definition) is 3. The molecule has 16 heavy (non-hydrogen) atoms. The van der Waals surface area contributed by atoms with Crippen LogP contribution in [0.25, 0.3) is 0 Å². The Morgan fingerprint density at radius 2 is 1.44 bits per heavy atom. The summed E-state index contributed by atoms with van der Waals surface area (Å²) in [6, 6.07) is 9.16. The number of benzene rings is 1. The highest BCUT2D eigenvalue weighted by Gasteiger charge is 2.00. The van der Waals surface area contributed by atoms with Gasteiger partial charge in [-0.15, -0.1) is 0 Å². The second-order valence-electron chi connectivity index (χ2n) is 2.45. The minimum atomic E-state index is -3.32. The van der Waals surface area contributed by atoms with Gasteiger partial charge in [-0.3, -0.25) is 4.18 Å². The Balaban J connectivity index is 0. The first-order valence-electron chi connectivity index (χ1n) is 5.46. The Bertz CT molecular complexity index is 331. The topological polar surface area (TPSA) is 43.4 Å². The fourth-order valence-corrected chi connectivity index (χ4v) is 1.10. The standard InChI is InChI=1S/C8H10O3S.2C2H6/c1-12(9,10)11-7-8-5-3-2-4-6-8;2*1-2/h2-6H,7H2,1H3;2*1-2H3. The zero-order chi connectivity index (χ0) is 13.0. The molecule has 3 nitrogen and oxygen atoms in total. The van der Waals surface area contributed by atoms with Gasteiger partial charge in [0.25, 0.3) is 10.1 Å². The van der Waals surface area contributed by atoms with E-state index in [4.69, 9.17) is 0 Å². The lowest BCUT2D eigenvalue weighted by Gasteiger charge is -1.99. The summed E-state index contributed by atoms with van der Waals surface area (Å²) in [6.45, 7) is 8.11. The van der Waals surface area contributed by atoms with Gasteiger partial charge in [-0.2, -0.15) is 8.42 Å². The van der Waals surface area contributed by atoms with E-state index in [1.54, 1.807) is 0 Å². The average Bonchev–Trinajstić information content (AvgIpc) is 2.32. The first kappa shape index (κ1) is 17.5. The second-order valence-corrected chi connectivity index (χ2v) is 4.10.